The number of nitrogens with zero attached hydrogens (tertiary/aromatic N) is 2. The van der Waals surface area contributed by atoms with Crippen LogP contribution in [0.15, 0.2) is 30.3 Å². The van der Waals surface area contributed by atoms with Gasteiger partial charge in [-0.3, -0.25) is 9.78 Å². The van der Waals surface area contributed by atoms with Gasteiger partial charge in [0.25, 0.3) is 0 Å². The fraction of sp³-hybridized carbons (Fsp3) is 0.444. The minimum atomic E-state index is -0.0518. The number of hydrogen-bond acceptors (Lipinski definition) is 3. The van der Waals surface area contributed by atoms with Gasteiger partial charge in [0, 0.05) is 23.4 Å². The summed E-state index contributed by atoms with van der Waals surface area (Å²) in [6, 6.07) is 10.0. The van der Waals surface area contributed by atoms with Gasteiger partial charge < -0.3 is 4.90 Å². The van der Waals surface area contributed by atoms with Crippen molar-refractivity contribution in [3.63, 3.8) is 0 Å². The van der Waals surface area contributed by atoms with Crippen molar-refractivity contribution in [2.45, 2.75) is 20.3 Å². The Balaban J connectivity index is 2.12. The molecule has 2 aromatic rings. The molecule has 0 radical (unpaired) electrons. The second-order valence-corrected chi connectivity index (χ2v) is 7.02. The molecule has 0 N–H and O–H groups in total. The van der Waals surface area contributed by atoms with E-state index in [1.54, 1.807) is 0 Å². The van der Waals surface area contributed by atoms with Crippen molar-refractivity contribution in [3.05, 3.63) is 41.6 Å². The Bertz CT molecular complexity index is 703. The third-order valence-corrected chi connectivity index (χ3v) is 4.50. The van der Waals surface area contributed by atoms with Gasteiger partial charge in [-0.05, 0) is 38.1 Å². The third kappa shape index (κ3) is 2.46. The second-order valence-electron chi connectivity index (χ2n) is 7.02. The highest BCUT2D eigenvalue weighted by atomic mass is 16.1. The van der Waals surface area contributed by atoms with E-state index in [1.165, 1.54) is 0 Å². The van der Waals surface area contributed by atoms with Crippen molar-refractivity contribution in [2.24, 2.45) is 11.3 Å². The summed E-state index contributed by atoms with van der Waals surface area (Å²) >= 11 is 0. The zero-order valence-electron chi connectivity index (χ0n) is 13.2. The summed E-state index contributed by atoms with van der Waals surface area (Å²) in [5, 5.41) is 1.05. The summed E-state index contributed by atoms with van der Waals surface area (Å²) in [6.07, 6.45) is 0.859. The summed E-state index contributed by atoms with van der Waals surface area (Å²) < 4.78 is 0. The van der Waals surface area contributed by atoms with E-state index in [0.29, 0.717) is 0 Å². The number of benzene rings is 1. The molecule has 0 fully saturated rings. The molecular weight excluding hydrogens is 260 g/mol. The summed E-state index contributed by atoms with van der Waals surface area (Å²) in [6.45, 7) is 5.15. The van der Waals surface area contributed by atoms with E-state index in [9.17, 15) is 4.79 Å². The Morgan fingerprint density at radius 3 is 2.71 bits per heavy atom. The summed E-state index contributed by atoms with van der Waals surface area (Å²) in [7, 11) is 4.05. The maximum atomic E-state index is 12.9. The number of aromatic nitrogens is 1. The van der Waals surface area contributed by atoms with Crippen LogP contribution in [0, 0.1) is 11.3 Å². The Labute approximate surface area is 126 Å². The normalized spacial score (nSPS) is 20.8. The van der Waals surface area contributed by atoms with Gasteiger partial charge in [0.15, 0.2) is 5.78 Å². The number of fused-ring (bicyclic) bond motifs is 2. The van der Waals surface area contributed by atoms with Crippen LogP contribution >= 0.6 is 0 Å². The fourth-order valence-electron chi connectivity index (χ4n) is 3.30. The van der Waals surface area contributed by atoms with Crippen LogP contribution in [0.5, 0.6) is 0 Å². The molecule has 0 saturated carbocycles. The van der Waals surface area contributed by atoms with E-state index in [-0.39, 0.29) is 17.1 Å². The molecular formula is C18H22N2O. The molecule has 1 aliphatic rings. The minimum absolute atomic E-state index is 0.0305. The third-order valence-electron chi connectivity index (χ3n) is 4.50. The zero-order valence-corrected chi connectivity index (χ0v) is 13.2. The average Bonchev–Trinajstić information content (AvgIpc) is 2.41. The Morgan fingerprint density at radius 1 is 1.29 bits per heavy atom. The van der Waals surface area contributed by atoms with E-state index in [1.807, 2.05) is 44.4 Å². The number of hydrogen-bond donors (Lipinski definition) is 0. The van der Waals surface area contributed by atoms with E-state index in [0.717, 1.165) is 35.1 Å². The van der Waals surface area contributed by atoms with Gasteiger partial charge in [-0.25, -0.2) is 0 Å². The minimum Gasteiger partial charge on any atom is -0.309 e. The maximum Gasteiger partial charge on any atom is 0.169 e. The molecule has 21 heavy (non-hydrogen) atoms. The van der Waals surface area contributed by atoms with Crippen LogP contribution < -0.4 is 0 Å². The van der Waals surface area contributed by atoms with Crippen LogP contribution in [0.1, 0.15) is 29.9 Å². The number of rotatable bonds is 2. The van der Waals surface area contributed by atoms with Crippen molar-refractivity contribution < 1.29 is 4.79 Å². The topological polar surface area (TPSA) is 33.2 Å². The van der Waals surface area contributed by atoms with Crippen LogP contribution in [0.3, 0.4) is 0 Å². The Hall–Kier alpha value is -1.74. The first kappa shape index (κ1) is 14.2. The molecule has 0 amide bonds. The van der Waals surface area contributed by atoms with Crippen LogP contribution in [-0.2, 0) is 6.42 Å². The Morgan fingerprint density at radius 2 is 2.00 bits per heavy atom. The molecule has 3 nitrogen and oxygen atoms in total. The van der Waals surface area contributed by atoms with E-state index >= 15 is 0 Å². The monoisotopic (exact) mass is 282 g/mol. The number of carbonyl (C=O) groups excluding carboxylic acids is 1. The summed E-state index contributed by atoms with van der Waals surface area (Å²) in [4.78, 5) is 19.8. The van der Waals surface area contributed by atoms with E-state index in [4.69, 9.17) is 4.98 Å². The molecule has 0 saturated heterocycles. The van der Waals surface area contributed by atoms with Crippen LogP contribution in [0.25, 0.3) is 10.9 Å². The standard InChI is InChI=1S/C18H22N2O/c1-18(2)10-16-13(17(21)14(18)11-20(3)4)9-12-7-5-6-8-15(12)19-16/h5-9,14H,10-11H2,1-4H3. The Kier molecular flexibility index (Phi) is 3.33. The summed E-state index contributed by atoms with van der Waals surface area (Å²) in [5.41, 5.74) is 2.70. The SMILES string of the molecule is CN(C)CC1C(=O)c2cc3ccccc3nc2CC1(C)C. The molecule has 1 aromatic heterocycles. The molecule has 1 unspecified atom stereocenters. The van der Waals surface area contributed by atoms with Crippen molar-refractivity contribution >= 4 is 16.7 Å². The predicted molar refractivity (Wildman–Crippen MR) is 85.6 cm³/mol. The quantitative estimate of drug-likeness (QED) is 0.848. The molecule has 1 aliphatic carbocycles. The second kappa shape index (κ2) is 4.92. The van der Waals surface area contributed by atoms with Crippen LogP contribution in [0.4, 0.5) is 0 Å². The molecule has 0 aliphatic heterocycles. The molecule has 1 atom stereocenters. The zero-order chi connectivity index (χ0) is 15.2. The highest BCUT2D eigenvalue weighted by Crippen LogP contribution is 2.39. The molecule has 0 bridgehead atoms. The van der Waals surface area contributed by atoms with Gasteiger partial charge >= 0.3 is 0 Å². The highest BCUT2D eigenvalue weighted by Gasteiger charge is 2.42. The van der Waals surface area contributed by atoms with Crippen LogP contribution in [-0.4, -0.2) is 36.3 Å². The molecule has 3 heteroatoms. The average molecular weight is 282 g/mol. The van der Waals surface area contributed by atoms with Crippen molar-refractivity contribution in [1.29, 1.82) is 0 Å². The largest absolute Gasteiger partial charge is 0.309 e. The number of para-hydroxylation sites is 1. The maximum absolute atomic E-state index is 12.9. The fourth-order valence-corrected chi connectivity index (χ4v) is 3.30. The van der Waals surface area contributed by atoms with Crippen molar-refractivity contribution in [2.75, 3.05) is 20.6 Å². The van der Waals surface area contributed by atoms with E-state index in [2.05, 4.69) is 18.7 Å². The first-order chi connectivity index (χ1) is 9.88. The smallest absolute Gasteiger partial charge is 0.169 e. The lowest BCUT2D eigenvalue weighted by Crippen LogP contribution is -2.43. The first-order valence-electron chi connectivity index (χ1n) is 7.46. The van der Waals surface area contributed by atoms with Gasteiger partial charge in [-0.15, -0.1) is 0 Å². The van der Waals surface area contributed by atoms with E-state index < -0.39 is 0 Å². The summed E-state index contributed by atoms with van der Waals surface area (Å²) in [5.74, 6) is 0.274. The molecule has 110 valence electrons. The van der Waals surface area contributed by atoms with Gasteiger partial charge in [-0.2, -0.15) is 0 Å². The van der Waals surface area contributed by atoms with Gasteiger partial charge in [-0.1, -0.05) is 32.0 Å². The van der Waals surface area contributed by atoms with Crippen molar-refractivity contribution in [1.82, 2.24) is 9.88 Å². The molecule has 3 rings (SSSR count). The number of ketones is 1. The molecule has 0 spiro atoms. The molecule has 1 aromatic carbocycles. The molecule has 1 heterocycles. The first-order valence-corrected chi connectivity index (χ1v) is 7.46. The number of carbonyl (C=O) groups is 1. The van der Waals surface area contributed by atoms with Gasteiger partial charge in [0.1, 0.15) is 0 Å². The number of pyridine rings is 1. The van der Waals surface area contributed by atoms with Crippen molar-refractivity contribution in [3.8, 4) is 0 Å². The number of Topliss-reactive ketones (excluding diaryl/α,β-unsaturated/α-hetero) is 1. The van der Waals surface area contributed by atoms with Crippen LogP contribution in [0.2, 0.25) is 0 Å². The van der Waals surface area contributed by atoms with Gasteiger partial charge in [0.2, 0.25) is 0 Å². The predicted octanol–water partition coefficient (Wildman–Crippen LogP) is 3.18. The lowest BCUT2D eigenvalue weighted by Gasteiger charge is -2.39. The lowest BCUT2D eigenvalue weighted by molar-refractivity contribution is 0.0706. The highest BCUT2D eigenvalue weighted by molar-refractivity contribution is 6.03. The van der Waals surface area contributed by atoms with Gasteiger partial charge in [0.05, 0.1) is 11.2 Å². The lowest BCUT2D eigenvalue weighted by atomic mass is 9.67.